The van der Waals surface area contributed by atoms with Gasteiger partial charge in [-0.05, 0) is 26.9 Å². The molecule has 0 saturated heterocycles. The van der Waals surface area contributed by atoms with Crippen LogP contribution < -0.4 is 0 Å². The van der Waals surface area contributed by atoms with Crippen LogP contribution in [0.3, 0.4) is 0 Å². The molecule has 0 fully saturated rings. The highest BCUT2D eigenvalue weighted by Gasteiger charge is 2.38. The molecule has 0 N–H and O–H groups in total. The Morgan fingerprint density at radius 3 is 1.33 bits per heavy atom. The van der Waals surface area contributed by atoms with Crippen molar-refractivity contribution in [3.8, 4) is 0 Å². The molecule has 0 radical (unpaired) electrons. The SMILES string of the molecule is CCN(C(C)=O)[Si](C)(C)N(CC)C(C)=O. The van der Waals surface area contributed by atoms with Crippen LogP contribution in [-0.2, 0) is 9.59 Å². The molecule has 15 heavy (non-hydrogen) atoms. The standard InChI is InChI=1S/C10H22N2O2Si/c1-7-11(9(3)13)15(5,6)12(8-2)10(4)14/h7-8H2,1-6H3. The Morgan fingerprint density at radius 2 is 1.20 bits per heavy atom. The molecule has 2 amide bonds. The predicted octanol–water partition coefficient (Wildman–Crippen LogP) is 1.42. The summed E-state index contributed by atoms with van der Waals surface area (Å²) in [4.78, 5) is 23.0. The number of carbonyl (C=O) groups excluding carboxylic acids is 2. The van der Waals surface area contributed by atoms with Crippen LogP contribution in [0.2, 0.25) is 13.1 Å². The van der Waals surface area contributed by atoms with Gasteiger partial charge in [0, 0.05) is 26.9 Å². The lowest BCUT2D eigenvalue weighted by molar-refractivity contribution is -0.127. The first kappa shape index (κ1) is 14.2. The Balaban J connectivity index is 5.05. The second-order valence-electron chi connectivity index (χ2n) is 4.02. The first-order valence-corrected chi connectivity index (χ1v) is 8.24. The van der Waals surface area contributed by atoms with E-state index in [0.29, 0.717) is 13.1 Å². The summed E-state index contributed by atoms with van der Waals surface area (Å²) in [6.45, 7) is 12.4. The normalized spacial score (nSPS) is 11.1. The van der Waals surface area contributed by atoms with Gasteiger partial charge in [0.15, 0.2) is 0 Å². The highest BCUT2D eigenvalue weighted by atomic mass is 28.3. The Labute approximate surface area is 93.4 Å². The van der Waals surface area contributed by atoms with Crippen molar-refractivity contribution in [1.29, 1.82) is 0 Å². The van der Waals surface area contributed by atoms with Crippen LogP contribution in [0.4, 0.5) is 0 Å². The van der Waals surface area contributed by atoms with E-state index in [2.05, 4.69) is 0 Å². The molecule has 0 aliphatic rings. The van der Waals surface area contributed by atoms with E-state index >= 15 is 0 Å². The number of rotatable bonds is 4. The second kappa shape index (κ2) is 5.30. The molecule has 4 nitrogen and oxygen atoms in total. The van der Waals surface area contributed by atoms with E-state index in [0.717, 1.165) is 0 Å². The van der Waals surface area contributed by atoms with E-state index < -0.39 is 8.40 Å². The fourth-order valence-electron chi connectivity index (χ4n) is 2.14. The molecule has 0 unspecified atom stereocenters. The summed E-state index contributed by atoms with van der Waals surface area (Å²) in [5.41, 5.74) is 0. The van der Waals surface area contributed by atoms with Crippen molar-refractivity contribution < 1.29 is 9.59 Å². The van der Waals surface area contributed by atoms with Crippen molar-refractivity contribution in [1.82, 2.24) is 9.13 Å². The van der Waals surface area contributed by atoms with Crippen molar-refractivity contribution in [2.24, 2.45) is 0 Å². The van der Waals surface area contributed by atoms with E-state index in [1.54, 1.807) is 13.8 Å². The minimum absolute atomic E-state index is 0.0499. The summed E-state index contributed by atoms with van der Waals surface area (Å²) in [6.07, 6.45) is 0. The molecular weight excluding hydrogens is 208 g/mol. The van der Waals surface area contributed by atoms with Crippen LogP contribution in [0.5, 0.6) is 0 Å². The van der Waals surface area contributed by atoms with Crippen LogP contribution in [0, 0.1) is 0 Å². The summed E-state index contributed by atoms with van der Waals surface area (Å²) >= 11 is 0. The topological polar surface area (TPSA) is 40.6 Å². The van der Waals surface area contributed by atoms with Gasteiger partial charge in [-0.3, -0.25) is 9.59 Å². The van der Waals surface area contributed by atoms with Gasteiger partial charge in [-0.2, -0.15) is 0 Å². The zero-order chi connectivity index (χ0) is 12.2. The Bertz CT molecular complexity index is 230. The van der Waals surface area contributed by atoms with Gasteiger partial charge in [-0.25, -0.2) is 0 Å². The number of hydrogen-bond acceptors (Lipinski definition) is 2. The third-order valence-corrected chi connectivity index (χ3v) is 6.62. The van der Waals surface area contributed by atoms with Crippen molar-refractivity contribution >= 4 is 20.2 Å². The highest BCUT2D eigenvalue weighted by molar-refractivity contribution is 6.76. The lowest BCUT2D eigenvalue weighted by atomic mass is 10.6. The molecule has 0 aromatic carbocycles. The third-order valence-electron chi connectivity index (χ3n) is 2.71. The molecule has 0 spiro atoms. The van der Waals surface area contributed by atoms with Crippen LogP contribution in [0.1, 0.15) is 27.7 Å². The minimum atomic E-state index is -2.12. The van der Waals surface area contributed by atoms with Gasteiger partial charge in [-0.15, -0.1) is 0 Å². The van der Waals surface area contributed by atoms with Crippen LogP contribution in [-0.4, -0.2) is 42.4 Å². The largest absolute Gasteiger partial charge is 0.352 e. The van der Waals surface area contributed by atoms with Crippen LogP contribution >= 0.6 is 0 Å². The molecule has 88 valence electrons. The lowest BCUT2D eigenvalue weighted by Crippen LogP contribution is -2.64. The second-order valence-corrected chi connectivity index (χ2v) is 8.09. The average Bonchev–Trinajstić information content (AvgIpc) is 2.02. The monoisotopic (exact) mass is 230 g/mol. The molecule has 0 atom stereocenters. The maximum absolute atomic E-state index is 11.5. The van der Waals surface area contributed by atoms with E-state index in [-0.39, 0.29) is 11.8 Å². The summed E-state index contributed by atoms with van der Waals surface area (Å²) in [7, 11) is -2.12. The quantitative estimate of drug-likeness (QED) is 0.685. The smallest absolute Gasteiger partial charge is 0.262 e. The first-order valence-electron chi connectivity index (χ1n) is 5.35. The van der Waals surface area contributed by atoms with Crippen molar-refractivity contribution in [2.45, 2.75) is 40.8 Å². The number of carbonyl (C=O) groups is 2. The third kappa shape index (κ3) is 3.05. The summed E-state index contributed by atoms with van der Waals surface area (Å²) in [6, 6.07) is 0. The fourth-order valence-corrected chi connectivity index (χ4v) is 5.52. The van der Waals surface area contributed by atoms with Crippen LogP contribution in [0.15, 0.2) is 0 Å². The van der Waals surface area contributed by atoms with Crippen molar-refractivity contribution in [3.63, 3.8) is 0 Å². The van der Waals surface area contributed by atoms with E-state index in [1.165, 1.54) is 0 Å². The summed E-state index contributed by atoms with van der Waals surface area (Å²) in [5, 5.41) is 0. The molecule has 0 aromatic rings. The average molecular weight is 230 g/mol. The molecule has 0 aliphatic heterocycles. The van der Waals surface area contributed by atoms with Crippen molar-refractivity contribution in [2.75, 3.05) is 13.1 Å². The number of hydrogen-bond donors (Lipinski definition) is 0. The molecule has 0 aromatic heterocycles. The summed E-state index contributed by atoms with van der Waals surface area (Å²) in [5.74, 6) is 0.0998. The van der Waals surface area contributed by atoms with Gasteiger partial charge in [0.2, 0.25) is 11.8 Å². The Hall–Kier alpha value is -0.843. The molecule has 0 rings (SSSR count). The molecule has 0 aliphatic carbocycles. The van der Waals surface area contributed by atoms with Gasteiger partial charge in [0.1, 0.15) is 0 Å². The van der Waals surface area contributed by atoms with Gasteiger partial charge >= 0.3 is 0 Å². The maximum Gasteiger partial charge on any atom is 0.262 e. The van der Waals surface area contributed by atoms with E-state index in [9.17, 15) is 9.59 Å². The van der Waals surface area contributed by atoms with E-state index in [4.69, 9.17) is 0 Å². The molecule has 0 heterocycles. The van der Waals surface area contributed by atoms with Crippen molar-refractivity contribution in [3.05, 3.63) is 0 Å². The zero-order valence-corrected chi connectivity index (χ0v) is 11.6. The molecule has 5 heteroatoms. The van der Waals surface area contributed by atoms with E-state index in [1.807, 2.05) is 36.1 Å². The van der Waals surface area contributed by atoms with Gasteiger partial charge in [0.25, 0.3) is 8.40 Å². The predicted molar refractivity (Wildman–Crippen MR) is 63.6 cm³/mol. The van der Waals surface area contributed by atoms with Gasteiger partial charge < -0.3 is 9.13 Å². The Morgan fingerprint density at radius 1 is 0.933 bits per heavy atom. The van der Waals surface area contributed by atoms with Crippen LogP contribution in [0.25, 0.3) is 0 Å². The Kier molecular flexibility index (Phi) is 5.00. The first-order chi connectivity index (χ1) is 6.78. The highest BCUT2D eigenvalue weighted by Crippen LogP contribution is 2.15. The molecular formula is C10H22N2O2Si. The number of amides is 2. The lowest BCUT2D eigenvalue weighted by Gasteiger charge is -2.43. The fraction of sp³-hybridized carbons (Fsp3) is 0.800. The zero-order valence-electron chi connectivity index (χ0n) is 10.6. The summed E-state index contributed by atoms with van der Waals surface area (Å²) < 4.78 is 3.66. The maximum atomic E-state index is 11.5. The van der Waals surface area contributed by atoms with Gasteiger partial charge in [0.05, 0.1) is 0 Å². The minimum Gasteiger partial charge on any atom is -0.352 e. The number of nitrogens with zero attached hydrogens (tertiary/aromatic N) is 2. The molecule has 0 saturated carbocycles. The van der Waals surface area contributed by atoms with Gasteiger partial charge in [-0.1, -0.05) is 0 Å². The molecule has 0 bridgehead atoms.